The number of aliphatic hydroxyl groups is 1. The Morgan fingerprint density at radius 3 is 2.75 bits per heavy atom. The van der Waals surface area contributed by atoms with Gasteiger partial charge >= 0.3 is 0 Å². The summed E-state index contributed by atoms with van der Waals surface area (Å²) < 4.78 is 0. The molecule has 0 aliphatic heterocycles. The van der Waals surface area contributed by atoms with E-state index in [1.807, 2.05) is 6.08 Å². The molecular formula is C7H12O. The second-order valence-corrected chi connectivity index (χ2v) is 2.86. The second kappa shape index (κ2) is 1.59. The topological polar surface area (TPSA) is 20.2 Å². The zero-order valence-electron chi connectivity index (χ0n) is 5.22. The Balaban J connectivity index is 2.42. The highest BCUT2D eigenvalue weighted by Gasteiger charge is 2.47. The fraction of sp³-hybridized carbons (Fsp3) is 0.714. The van der Waals surface area contributed by atoms with E-state index in [4.69, 9.17) is 5.11 Å². The highest BCUT2D eigenvalue weighted by atomic mass is 16.3. The van der Waals surface area contributed by atoms with E-state index in [1.54, 1.807) is 0 Å². The molecule has 1 rings (SSSR count). The first-order valence-electron chi connectivity index (χ1n) is 2.96. The Hall–Kier alpha value is -0.300. The summed E-state index contributed by atoms with van der Waals surface area (Å²) in [7, 11) is 0. The van der Waals surface area contributed by atoms with E-state index in [1.165, 1.54) is 0 Å². The molecule has 1 saturated carbocycles. The molecule has 0 aromatic rings. The fourth-order valence-corrected chi connectivity index (χ4v) is 0.993. The Labute approximate surface area is 50.0 Å². The van der Waals surface area contributed by atoms with Crippen molar-refractivity contribution in [2.24, 2.45) is 11.3 Å². The van der Waals surface area contributed by atoms with E-state index in [0.717, 1.165) is 6.42 Å². The van der Waals surface area contributed by atoms with Crippen LogP contribution in [0.4, 0.5) is 0 Å². The molecule has 0 unspecified atom stereocenters. The molecule has 0 saturated heterocycles. The second-order valence-electron chi connectivity index (χ2n) is 2.86. The molecule has 0 heterocycles. The molecule has 1 N–H and O–H groups in total. The summed E-state index contributed by atoms with van der Waals surface area (Å²) in [6.45, 7) is 6.05. The summed E-state index contributed by atoms with van der Waals surface area (Å²) in [4.78, 5) is 0. The molecule has 0 amide bonds. The number of aliphatic hydroxyl groups excluding tert-OH is 1. The molecule has 1 fully saturated rings. The average molecular weight is 112 g/mol. The van der Waals surface area contributed by atoms with E-state index in [0.29, 0.717) is 12.5 Å². The van der Waals surface area contributed by atoms with Gasteiger partial charge in [0.25, 0.3) is 0 Å². The van der Waals surface area contributed by atoms with Crippen LogP contribution < -0.4 is 0 Å². The Morgan fingerprint density at radius 2 is 2.62 bits per heavy atom. The van der Waals surface area contributed by atoms with Crippen LogP contribution in [0.5, 0.6) is 0 Å². The van der Waals surface area contributed by atoms with Gasteiger partial charge < -0.3 is 5.11 Å². The molecule has 8 heavy (non-hydrogen) atoms. The third kappa shape index (κ3) is 0.671. The molecule has 1 aliphatic carbocycles. The number of hydrogen-bond acceptors (Lipinski definition) is 1. The van der Waals surface area contributed by atoms with Crippen LogP contribution in [-0.4, -0.2) is 11.7 Å². The van der Waals surface area contributed by atoms with E-state index in [2.05, 4.69) is 13.5 Å². The van der Waals surface area contributed by atoms with Crippen molar-refractivity contribution in [2.75, 3.05) is 6.61 Å². The van der Waals surface area contributed by atoms with Crippen molar-refractivity contribution in [2.45, 2.75) is 13.3 Å². The van der Waals surface area contributed by atoms with Gasteiger partial charge in [0.15, 0.2) is 0 Å². The summed E-state index contributed by atoms with van der Waals surface area (Å²) in [6.07, 6.45) is 3.04. The highest BCUT2D eigenvalue weighted by Crippen LogP contribution is 2.52. The van der Waals surface area contributed by atoms with Crippen molar-refractivity contribution in [3.8, 4) is 0 Å². The molecule has 1 aliphatic rings. The van der Waals surface area contributed by atoms with Crippen LogP contribution in [0.1, 0.15) is 13.3 Å². The van der Waals surface area contributed by atoms with E-state index < -0.39 is 0 Å². The maximum atomic E-state index is 8.72. The Morgan fingerprint density at radius 1 is 2.00 bits per heavy atom. The van der Waals surface area contributed by atoms with Gasteiger partial charge in [0, 0.05) is 6.61 Å². The number of allylic oxidation sites excluding steroid dienone is 1. The molecule has 1 nitrogen and oxygen atoms in total. The van der Waals surface area contributed by atoms with Crippen LogP contribution in [-0.2, 0) is 0 Å². The normalized spacial score (nSPS) is 44.0. The van der Waals surface area contributed by atoms with Gasteiger partial charge in [-0.05, 0) is 17.8 Å². The molecule has 1 heteroatoms. The first kappa shape index (κ1) is 5.83. The summed E-state index contributed by atoms with van der Waals surface area (Å²) in [5.74, 6) is 0.576. The monoisotopic (exact) mass is 112 g/mol. The van der Waals surface area contributed by atoms with Crippen LogP contribution in [0.2, 0.25) is 0 Å². The molecule has 0 bridgehead atoms. The van der Waals surface area contributed by atoms with Crippen molar-refractivity contribution in [3.05, 3.63) is 12.7 Å². The predicted molar refractivity (Wildman–Crippen MR) is 33.5 cm³/mol. The lowest BCUT2D eigenvalue weighted by atomic mass is 10.1. The Kier molecular flexibility index (Phi) is 1.16. The van der Waals surface area contributed by atoms with Gasteiger partial charge in [0.2, 0.25) is 0 Å². The quantitative estimate of drug-likeness (QED) is 0.532. The molecule has 46 valence electrons. The van der Waals surface area contributed by atoms with Gasteiger partial charge in [-0.3, -0.25) is 0 Å². The molecule has 0 aromatic carbocycles. The first-order chi connectivity index (χ1) is 3.73. The SMILES string of the molecule is C=C[C@@H]1C[C@]1(C)CO. The lowest BCUT2D eigenvalue weighted by Crippen LogP contribution is -2.01. The minimum atomic E-state index is 0.196. The number of rotatable bonds is 2. The van der Waals surface area contributed by atoms with E-state index in [9.17, 15) is 0 Å². The lowest BCUT2D eigenvalue weighted by Gasteiger charge is -2.00. The molecule has 0 spiro atoms. The minimum Gasteiger partial charge on any atom is -0.396 e. The lowest BCUT2D eigenvalue weighted by molar-refractivity contribution is 0.217. The number of hydrogen-bond donors (Lipinski definition) is 1. The van der Waals surface area contributed by atoms with Gasteiger partial charge in [-0.2, -0.15) is 0 Å². The average Bonchev–Trinajstić information content (AvgIpc) is 2.44. The first-order valence-corrected chi connectivity index (χ1v) is 2.96. The van der Waals surface area contributed by atoms with E-state index >= 15 is 0 Å². The van der Waals surface area contributed by atoms with Crippen molar-refractivity contribution >= 4 is 0 Å². The smallest absolute Gasteiger partial charge is 0.0490 e. The summed E-state index contributed by atoms with van der Waals surface area (Å²) in [5.41, 5.74) is 0.196. The molecular weight excluding hydrogens is 100 g/mol. The van der Waals surface area contributed by atoms with Gasteiger partial charge in [-0.15, -0.1) is 6.58 Å². The highest BCUT2D eigenvalue weighted by molar-refractivity contribution is 5.06. The predicted octanol–water partition coefficient (Wildman–Crippen LogP) is 1.19. The van der Waals surface area contributed by atoms with Gasteiger partial charge in [-0.25, -0.2) is 0 Å². The van der Waals surface area contributed by atoms with Crippen molar-refractivity contribution in [1.29, 1.82) is 0 Å². The van der Waals surface area contributed by atoms with Crippen LogP contribution in [0.15, 0.2) is 12.7 Å². The van der Waals surface area contributed by atoms with Gasteiger partial charge in [-0.1, -0.05) is 13.0 Å². The fourth-order valence-electron chi connectivity index (χ4n) is 0.993. The van der Waals surface area contributed by atoms with Crippen LogP contribution in [0, 0.1) is 11.3 Å². The zero-order valence-corrected chi connectivity index (χ0v) is 5.22. The van der Waals surface area contributed by atoms with Crippen LogP contribution >= 0.6 is 0 Å². The third-order valence-electron chi connectivity index (χ3n) is 2.07. The van der Waals surface area contributed by atoms with Crippen LogP contribution in [0.3, 0.4) is 0 Å². The minimum absolute atomic E-state index is 0.196. The van der Waals surface area contributed by atoms with Crippen molar-refractivity contribution in [3.63, 3.8) is 0 Å². The zero-order chi connectivity index (χ0) is 6.20. The maximum absolute atomic E-state index is 8.72. The third-order valence-corrected chi connectivity index (χ3v) is 2.07. The molecule has 0 radical (unpaired) electrons. The van der Waals surface area contributed by atoms with Crippen molar-refractivity contribution in [1.82, 2.24) is 0 Å². The maximum Gasteiger partial charge on any atom is 0.0490 e. The van der Waals surface area contributed by atoms with Crippen LogP contribution in [0.25, 0.3) is 0 Å². The summed E-state index contributed by atoms with van der Waals surface area (Å²) in [5, 5.41) is 8.72. The van der Waals surface area contributed by atoms with Gasteiger partial charge in [0.1, 0.15) is 0 Å². The van der Waals surface area contributed by atoms with Crippen molar-refractivity contribution < 1.29 is 5.11 Å². The standard InChI is InChI=1S/C7H12O/c1-3-6-4-7(6,2)5-8/h3,6,8H,1,4-5H2,2H3/t6-,7-/m1/s1. The molecule has 0 aromatic heterocycles. The molecule has 2 atom stereocenters. The summed E-state index contributed by atoms with van der Waals surface area (Å²) in [6, 6.07) is 0. The van der Waals surface area contributed by atoms with Gasteiger partial charge in [0.05, 0.1) is 0 Å². The summed E-state index contributed by atoms with van der Waals surface area (Å²) >= 11 is 0. The largest absolute Gasteiger partial charge is 0.396 e. The Bertz CT molecular complexity index is 109. The van der Waals surface area contributed by atoms with E-state index in [-0.39, 0.29) is 5.41 Å².